The molecule has 2 aliphatic rings. The summed E-state index contributed by atoms with van der Waals surface area (Å²) in [5.74, 6) is 0.718. The van der Waals surface area contributed by atoms with E-state index < -0.39 is 5.54 Å². The lowest BCUT2D eigenvalue weighted by atomic mass is 9.85. The first-order valence-electron chi connectivity index (χ1n) is 12.1. The molecule has 1 atom stereocenters. The van der Waals surface area contributed by atoms with Crippen molar-refractivity contribution in [1.82, 2.24) is 15.5 Å². The lowest BCUT2D eigenvalue weighted by molar-refractivity contribution is -0.119. The fourth-order valence-electron chi connectivity index (χ4n) is 4.76. The molecule has 1 aliphatic heterocycles. The van der Waals surface area contributed by atoms with E-state index in [1.807, 2.05) is 19.1 Å². The Morgan fingerprint density at radius 2 is 2.00 bits per heavy atom. The lowest BCUT2D eigenvalue weighted by Gasteiger charge is -2.48. The first-order valence-corrected chi connectivity index (χ1v) is 13.2. The molecule has 0 radical (unpaired) electrons. The first-order chi connectivity index (χ1) is 16.0. The maximum atomic E-state index is 13.9. The standard InChI is InChI=1S/C28H38ClN3OS/c1-8-28(9-2,22-16-17-23(29)34-22)31-26(33)24(19(3)4)25-30-21(18-27(5,6)32(25)7)20-14-12-10-11-13-15-20/h10-14,16-17,21,30H,3,8-9,15,18H2,1-2,4-7H3,(H,31,33)/b25-24+/t21-/m1/s1. The van der Waals surface area contributed by atoms with E-state index in [1.54, 1.807) is 0 Å². The normalized spacial score (nSPS) is 21.4. The summed E-state index contributed by atoms with van der Waals surface area (Å²) >= 11 is 7.78. The highest BCUT2D eigenvalue weighted by molar-refractivity contribution is 7.16. The van der Waals surface area contributed by atoms with Crippen molar-refractivity contribution in [1.29, 1.82) is 0 Å². The molecule has 0 spiro atoms. The second-order valence-electron chi connectivity index (χ2n) is 9.88. The molecule has 1 fully saturated rings. The molecule has 0 bridgehead atoms. The van der Waals surface area contributed by atoms with E-state index in [4.69, 9.17) is 11.6 Å². The lowest BCUT2D eigenvalue weighted by Crippen LogP contribution is -2.57. The van der Waals surface area contributed by atoms with E-state index in [0.29, 0.717) is 5.57 Å². The molecule has 2 heterocycles. The fourth-order valence-corrected chi connectivity index (χ4v) is 6.09. The van der Waals surface area contributed by atoms with E-state index in [0.717, 1.165) is 46.3 Å². The minimum atomic E-state index is -0.474. The van der Waals surface area contributed by atoms with Gasteiger partial charge in [0.15, 0.2) is 0 Å². The van der Waals surface area contributed by atoms with Gasteiger partial charge in [-0.05, 0) is 69.7 Å². The van der Waals surface area contributed by atoms with Crippen molar-refractivity contribution in [2.24, 2.45) is 0 Å². The van der Waals surface area contributed by atoms with E-state index >= 15 is 0 Å². The Morgan fingerprint density at radius 3 is 2.59 bits per heavy atom. The quantitative estimate of drug-likeness (QED) is 0.404. The monoisotopic (exact) mass is 499 g/mol. The average Bonchev–Trinajstić information content (AvgIpc) is 3.04. The van der Waals surface area contributed by atoms with Gasteiger partial charge in [-0.15, -0.1) is 11.3 Å². The van der Waals surface area contributed by atoms with E-state index in [-0.39, 0.29) is 17.5 Å². The number of amides is 1. The maximum absolute atomic E-state index is 13.9. The van der Waals surface area contributed by atoms with Crippen LogP contribution in [0.1, 0.15) is 65.2 Å². The molecule has 1 aromatic rings. The first kappa shape index (κ1) is 26.4. The van der Waals surface area contributed by atoms with Crippen molar-refractivity contribution in [2.75, 3.05) is 7.05 Å². The highest BCUT2D eigenvalue weighted by Crippen LogP contribution is 2.38. The van der Waals surface area contributed by atoms with Crippen molar-refractivity contribution >= 4 is 28.8 Å². The third-order valence-electron chi connectivity index (χ3n) is 7.22. The minimum absolute atomic E-state index is 0.110. The van der Waals surface area contributed by atoms with Gasteiger partial charge in [0.05, 0.1) is 21.5 Å². The van der Waals surface area contributed by atoms with E-state index in [2.05, 4.69) is 87.2 Å². The van der Waals surface area contributed by atoms with Crippen molar-refractivity contribution in [2.45, 2.75) is 77.4 Å². The molecular formula is C28H38ClN3OS. The molecule has 1 aliphatic carbocycles. The topological polar surface area (TPSA) is 44.4 Å². The Morgan fingerprint density at radius 1 is 1.29 bits per heavy atom. The van der Waals surface area contributed by atoms with Crippen LogP contribution in [0.15, 0.2) is 71.6 Å². The summed E-state index contributed by atoms with van der Waals surface area (Å²) in [5.41, 5.74) is 2.05. The molecule has 0 saturated carbocycles. The van der Waals surface area contributed by atoms with Gasteiger partial charge in [0.2, 0.25) is 0 Å². The van der Waals surface area contributed by atoms with Crippen LogP contribution in [0.25, 0.3) is 0 Å². The van der Waals surface area contributed by atoms with E-state index in [1.165, 1.54) is 16.9 Å². The molecule has 3 rings (SSSR count). The molecule has 1 amide bonds. The van der Waals surface area contributed by atoms with Gasteiger partial charge in [0, 0.05) is 17.5 Å². The molecule has 6 heteroatoms. The third kappa shape index (κ3) is 5.36. The zero-order valence-corrected chi connectivity index (χ0v) is 22.9. The van der Waals surface area contributed by atoms with Crippen LogP contribution in [0.2, 0.25) is 4.34 Å². The van der Waals surface area contributed by atoms with Crippen LogP contribution >= 0.6 is 22.9 Å². The Labute approximate surface area is 214 Å². The number of halogens is 1. The highest BCUT2D eigenvalue weighted by atomic mass is 35.5. The molecule has 34 heavy (non-hydrogen) atoms. The van der Waals surface area contributed by atoms with Crippen LogP contribution in [0.5, 0.6) is 0 Å². The number of allylic oxidation sites excluding steroid dienone is 5. The summed E-state index contributed by atoms with van der Waals surface area (Å²) in [6.07, 6.45) is 14.0. The van der Waals surface area contributed by atoms with E-state index in [9.17, 15) is 4.79 Å². The second-order valence-corrected chi connectivity index (χ2v) is 11.6. The summed E-state index contributed by atoms with van der Waals surface area (Å²) in [4.78, 5) is 17.2. The predicted molar refractivity (Wildman–Crippen MR) is 146 cm³/mol. The Kier molecular flexibility index (Phi) is 8.20. The van der Waals surface area contributed by atoms with Gasteiger partial charge in [-0.3, -0.25) is 4.79 Å². The maximum Gasteiger partial charge on any atom is 0.255 e. The van der Waals surface area contributed by atoms with Gasteiger partial charge in [0.1, 0.15) is 5.82 Å². The van der Waals surface area contributed by atoms with Gasteiger partial charge in [-0.25, -0.2) is 0 Å². The van der Waals surface area contributed by atoms with Crippen molar-refractivity contribution < 1.29 is 4.79 Å². The number of nitrogens with zero attached hydrogens (tertiary/aromatic N) is 1. The van der Waals surface area contributed by atoms with Crippen LogP contribution in [-0.4, -0.2) is 29.4 Å². The zero-order valence-electron chi connectivity index (χ0n) is 21.3. The number of hydrogen-bond acceptors (Lipinski definition) is 4. The Hall–Kier alpha value is -2.24. The SMILES string of the molecule is C=C(C)/C(C(=O)NC(CC)(CC)c1ccc(Cl)s1)=C1/N[C@@H](C2=CC=CC=CC2)CC(C)(C)N1C. The summed E-state index contributed by atoms with van der Waals surface area (Å²) < 4.78 is 0.729. The number of thiophene rings is 1. The summed E-state index contributed by atoms with van der Waals surface area (Å²) in [6.45, 7) is 14.8. The fraction of sp³-hybridized carbons (Fsp3) is 0.464. The predicted octanol–water partition coefficient (Wildman–Crippen LogP) is 6.84. The molecule has 0 unspecified atom stereocenters. The van der Waals surface area contributed by atoms with Crippen LogP contribution in [0, 0.1) is 0 Å². The average molecular weight is 500 g/mol. The van der Waals surface area contributed by atoms with Gasteiger partial charge in [-0.1, -0.05) is 62.4 Å². The van der Waals surface area contributed by atoms with Gasteiger partial charge in [0.25, 0.3) is 5.91 Å². The van der Waals surface area contributed by atoms with Gasteiger partial charge in [-0.2, -0.15) is 0 Å². The third-order valence-corrected chi connectivity index (χ3v) is 8.66. The summed E-state index contributed by atoms with van der Waals surface area (Å²) in [7, 11) is 2.06. The number of hydrogen-bond donors (Lipinski definition) is 2. The molecule has 2 N–H and O–H groups in total. The number of carbonyl (C=O) groups is 1. The molecule has 184 valence electrons. The summed E-state index contributed by atoms with van der Waals surface area (Å²) in [6, 6.07) is 4.06. The van der Waals surface area contributed by atoms with Crippen LogP contribution in [-0.2, 0) is 10.3 Å². The van der Waals surface area contributed by atoms with Crippen molar-refractivity contribution in [3.05, 3.63) is 80.8 Å². The number of carbonyl (C=O) groups excluding carboxylic acids is 1. The molecular weight excluding hydrogens is 462 g/mol. The van der Waals surface area contributed by atoms with Crippen LogP contribution < -0.4 is 10.6 Å². The number of nitrogens with one attached hydrogen (secondary N) is 2. The Balaban J connectivity index is 2.03. The summed E-state index contributed by atoms with van der Waals surface area (Å²) in [5, 5.41) is 7.09. The van der Waals surface area contributed by atoms with Crippen LogP contribution in [0.4, 0.5) is 0 Å². The molecule has 0 aromatic carbocycles. The van der Waals surface area contributed by atoms with Crippen molar-refractivity contribution in [3.8, 4) is 0 Å². The largest absolute Gasteiger partial charge is 0.364 e. The Bertz CT molecular complexity index is 1060. The zero-order chi connectivity index (χ0) is 25.1. The highest BCUT2D eigenvalue weighted by Gasteiger charge is 2.40. The van der Waals surface area contributed by atoms with Crippen molar-refractivity contribution in [3.63, 3.8) is 0 Å². The molecule has 1 saturated heterocycles. The smallest absolute Gasteiger partial charge is 0.255 e. The van der Waals surface area contributed by atoms with Gasteiger partial charge < -0.3 is 15.5 Å². The van der Waals surface area contributed by atoms with Crippen LogP contribution in [0.3, 0.4) is 0 Å². The molecule has 4 nitrogen and oxygen atoms in total. The molecule has 1 aromatic heterocycles. The van der Waals surface area contributed by atoms with Gasteiger partial charge >= 0.3 is 0 Å². The second kappa shape index (κ2) is 10.6. The minimum Gasteiger partial charge on any atom is -0.364 e. The number of rotatable bonds is 7.